The number of fused-ring (bicyclic) bond motifs is 5. The summed E-state index contributed by atoms with van der Waals surface area (Å²) < 4.78 is 0. The van der Waals surface area contributed by atoms with Crippen LogP contribution in [0.5, 0.6) is 0 Å². The summed E-state index contributed by atoms with van der Waals surface area (Å²) in [6.45, 7) is 8.16. The van der Waals surface area contributed by atoms with Gasteiger partial charge >= 0.3 is 0 Å². The standard InChI is InChI=1S/C36H52Si2/c1-4-5-11-24-18-19-26(22-24)37(2)38(3)34-21-20-32-33(34)23-25-12-10-17-27(25)35(32)36-30-15-8-6-13-28(30)29-14-7-9-16-31(29)36/h6-9,13-16,24-27,32-38H,4-5,10-12,17-23H2,1-3H3. The molecular formula is C36H52Si2. The van der Waals surface area contributed by atoms with Crippen molar-refractivity contribution in [2.75, 3.05) is 0 Å². The van der Waals surface area contributed by atoms with Crippen LogP contribution in [0.3, 0.4) is 0 Å². The van der Waals surface area contributed by atoms with Gasteiger partial charge in [0.25, 0.3) is 0 Å². The summed E-state index contributed by atoms with van der Waals surface area (Å²) >= 11 is 0. The Labute approximate surface area is 236 Å². The second kappa shape index (κ2) is 10.7. The molecule has 0 aromatic heterocycles. The molecule has 4 saturated carbocycles. The molecular weight excluding hydrogens is 489 g/mol. The van der Waals surface area contributed by atoms with Crippen LogP contribution in [0.15, 0.2) is 48.5 Å². The van der Waals surface area contributed by atoms with E-state index in [0.29, 0.717) is 5.92 Å². The Hall–Kier alpha value is -1.13. The van der Waals surface area contributed by atoms with E-state index in [2.05, 4.69) is 68.5 Å². The molecule has 10 atom stereocenters. The summed E-state index contributed by atoms with van der Waals surface area (Å²) in [5.74, 6) is 6.76. The summed E-state index contributed by atoms with van der Waals surface area (Å²) in [6, 6.07) is 19.1. The van der Waals surface area contributed by atoms with Crippen LogP contribution in [0.4, 0.5) is 0 Å². The van der Waals surface area contributed by atoms with Crippen LogP contribution in [-0.4, -0.2) is 16.6 Å². The minimum Gasteiger partial charge on any atom is -0.0739 e. The molecule has 0 saturated heterocycles. The Morgan fingerprint density at radius 1 is 0.711 bits per heavy atom. The SMILES string of the molecule is CCCCC1CCC([SiH](C)[SiH](C)C2CCC3C2CC2CCCC2C3C2c3ccccc3-c3ccccc32)C1. The zero-order chi connectivity index (χ0) is 25.8. The summed E-state index contributed by atoms with van der Waals surface area (Å²) in [4.78, 5) is 0. The highest BCUT2D eigenvalue weighted by Gasteiger charge is 2.56. The Kier molecular flexibility index (Phi) is 7.26. The highest BCUT2D eigenvalue weighted by Crippen LogP contribution is 2.65. The number of unbranched alkanes of at least 4 members (excludes halogenated alkanes) is 1. The molecule has 0 aliphatic heterocycles. The van der Waals surface area contributed by atoms with Crippen LogP contribution in [-0.2, 0) is 0 Å². The monoisotopic (exact) mass is 540 g/mol. The maximum atomic E-state index is 2.90. The van der Waals surface area contributed by atoms with Gasteiger partial charge in [0.1, 0.15) is 0 Å². The van der Waals surface area contributed by atoms with Gasteiger partial charge in [-0.3, -0.25) is 0 Å². The fraction of sp³-hybridized carbons (Fsp3) is 0.667. The van der Waals surface area contributed by atoms with Gasteiger partial charge in [0.05, 0.1) is 0 Å². The third-order valence-electron chi connectivity index (χ3n) is 13.3. The van der Waals surface area contributed by atoms with Crippen molar-refractivity contribution in [2.45, 2.75) is 114 Å². The lowest BCUT2D eigenvalue weighted by Crippen LogP contribution is -2.44. The third kappa shape index (κ3) is 4.26. The molecule has 0 spiro atoms. The molecule has 2 aromatic rings. The van der Waals surface area contributed by atoms with Crippen LogP contribution in [0.2, 0.25) is 24.2 Å². The average Bonchev–Trinajstić information content (AvgIpc) is 3.75. The zero-order valence-corrected chi connectivity index (χ0v) is 26.8. The van der Waals surface area contributed by atoms with Crippen LogP contribution in [0.1, 0.15) is 101 Å². The lowest BCUT2D eigenvalue weighted by Gasteiger charge is -2.48. The first-order valence-corrected chi connectivity index (χ1v) is 23.1. The lowest BCUT2D eigenvalue weighted by molar-refractivity contribution is 0.0617. The van der Waals surface area contributed by atoms with E-state index in [1.165, 1.54) is 49.6 Å². The molecule has 7 rings (SSSR count). The largest absolute Gasteiger partial charge is 0.0739 e. The van der Waals surface area contributed by atoms with Crippen LogP contribution < -0.4 is 0 Å². The Morgan fingerprint density at radius 2 is 1.45 bits per heavy atom. The molecule has 38 heavy (non-hydrogen) atoms. The van der Waals surface area contributed by atoms with E-state index in [-0.39, 0.29) is 0 Å². The van der Waals surface area contributed by atoms with E-state index in [9.17, 15) is 0 Å². The second-order valence-corrected chi connectivity index (χ2v) is 26.2. The maximum Gasteiger partial charge on any atom is 0.0285 e. The van der Waals surface area contributed by atoms with E-state index in [4.69, 9.17) is 0 Å². The molecule has 5 aliphatic carbocycles. The number of rotatable bonds is 7. The van der Waals surface area contributed by atoms with Gasteiger partial charge in [-0.2, -0.15) is 0 Å². The topological polar surface area (TPSA) is 0 Å². The van der Waals surface area contributed by atoms with E-state index in [0.717, 1.165) is 35.5 Å². The predicted molar refractivity (Wildman–Crippen MR) is 169 cm³/mol. The summed E-state index contributed by atoms with van der Waals surface area (Å²) in [7, 11) is -1.23. The van der Waals surface area contributed by atoms with Crippen LogP contribution in [0, 0.1) is 35.5 Å². The van der Waals surface area contributed by atoms with E-state index in [1.807, 2.05) is 0 Å². The highest BCUT2D eigenvalue weighted by atomic mass is 29.2. The molecule has 2 aromatic carbocycles. The molecule has 10 unspecified atom stereocenters. The second-order valence-electron chi connectivity index (χ2n) is 14.7. The molecule has 5 aliphatic rings. The van der Waals surface area contributed by atoms with Gasteiger partial charge in [-0.15, -0.1) is 0 Å². The number of hydrogen-bond donors (Lipinski definition) is 0. The van der Waals surface area contributed by atoms with Gasteiger partial charge in [0.15, 0.2) is 0 Å². The van der Waals surface area contributed by atoms with Gasteiger partial charge < -0.3 is 0 Å². The summed E-state index contributed by atoms with van der Waals surface area (Å²) in [6.07, 6.45) is 18.6. The van der Waals surface area contributed by atoms with Gasteiger partial charge in [0, 0.05) is 22.5 Å². The zero-order valence-electron chi connectivity index (χ0n) is 24.5. The molecule has 0 amide bonds. The predicted octanol–water partition coefficient (Wildman–Crippen LogP) is 9.78. The Bertz CT molecular complexity index is 1080. The first kappa shape index (κ1) is 25.8. The molecule has 0 bridgehead atoms. The van der Waals surface area contributed by atoms with Crippen molar-refractivity contribution in [1.82, 2.24) is 0 Å². The first-order chi connectivity index (χ1) is 18.7. The Morgan fingerprint density at radius 3 is 2.18 bits per heavy atom. The number of hydrogen-bond acceptors (Lipinski definition) is 0. The minimum atomic E-state index is -0.646. The molecule has 2 heteroatoms. The molecule has 0 radical (unpaired) electrons. The highest BCUT2D eigenvalue weighted by molar-refractivity contribution is 7.22. The molecule has 0 N–H and O–H groups in total. The third-order valence-corrected chi connectivity index (χ3v) is 27.3. The maximum absolute atomic E-state index is 2.90. The van der Waals surface area contributed by atoms with Gasteiger partial charge in [-0.05, 0) is 82.6 Å². The lowest BCUT2D eigenvalue weighted by atomic mass is 9.58. The normalized spacial score (nSPS) is 37.4. The van der Waals surface area contributed by atoms with E-state index < -0.39 is 16.6 Å². The molecule has 0 nitrogen and oxygen atoms in total. The van der Waals surface area contributed by atoms with Crippen LogP contribution >= 0.6 is 0 Å². The first-order valence-electron chi connectivity index (χ1n) is 16.8. The molecule has 204 valence electrons. The quantitative estimate of drug-likeness (QED) is 0.307. The van der Waals surface area contributed by atoms with E-state index >= 15 is 0 Å². The molecule has 4 fully saturated rings. The van der Waals surface area contributed by atoms with E-state index in [1.54, 1.807) is 60.8 Å². The minimum absolute atomic E-state index is 0.587. The van der Waals surface area contributed by atoms with Gasteiger partial charge in [-0.25, -0.2) is 0 Å². The number of benzene rings is 2. The van der Waals surface area contributed by atoms with Crippen molar-refractivity contribution >= 4 is 16.6 Å². The van der Waals surface area contributed by atoms with Crippen molar-refractivity contribution < 1.29 is 0 Å². The fourth-order valence-corrected chi connectivity index (χ4v) is 23.9. The van der Waals surface area contributed by atoms with Gasteiger partial charge in [-0.1, -0.05) is 132 Å². The van der Waals surface area contributed by atoms with Crippen molar-refractivity contribution in [1.29, 1.82) is 0 Å². The van der Waals surface area contributed by atoms with Gasteiger partial charge in [0.2, 0.25) is 0 Å². The van der Waals surface area contributed by atoms with Crippen molar-refractivity contribution in [3.8, 4) is 11.1 Å². The van der Waals surface area contributed by atoms with Crippen molar-refractivity contribution in [2.24, 2.45) is 35.5 Å². The molecule has 0 heterocycles. The van der Waals surface area contributed by atoms with Crippen LogP contribution in [0.25, 0.3) is 11.1 Å². The fourth-order valence-electron chi connectivity index (χ4n) is 11.4. The summed E-state index contributed by atoms with van der Waals surface area (Å²) in [5, 5.41) is 0. The smallest absolute Gasteiger partial charge is 0.0285 e. The summed E-state index contributed by atoms with van der Waals surface area (Å²) in [5.41, 5.74) is 8.86. The van der Waals surface area contributed by atoms with Crippen molar-refractivity contribution in [3.05, 3.63) is 59.7 Å². The van der Waals surface area contributed by atoms with Crippen molar-refractivity contribution in [3.63, 3.8) is 0 Å². The average molecular weight is 541 g/mol. The Balaban J connectivity index is 1.16.